The fraction of sp³-hybridized carbons (Fsp3) is 0.382. The number of imidazole rings is 1. The lowest BCUT2D eigenvalue weighted by molar-refractivity contribution is -0.150. The van der Waals surface area contributed by atoms with Crippen LogP contribution in [0.2, 0.25) is 0 Å². The number of alkyl carbamates (subject to hydrolysis) is 1. The minimum Gasteiger partial charge on any atom is -0.480 e. The Balaban J connectivity index is 1.49. The number of hydrogen-bond acceptors (Lipinski definition) is 12. The minimum absolute atomic E-state index is 0.00269. The molecule has 53 heavy (non-hydrogen) atoms. The quantitative estimate of drug-likeness (QED) is 0.0625. The molecule has 18 nitrogen and oxygen atoms in total. The number of carbonyl (C=O) groups is 3. The average molecular weight is 753 g/mol. The van der Waals surface area contributed by atoms with Crippen LogP contribution < -0.4 is 26.2 Å². The van der Waals surface area contributed by atoms with Crippen LogP contribution >= 0.6 is 0 Å². The Morgan fingerprint density at radius 3 is 2.43 bits per heavy atom. The van der Waals surface area contributed by atoms with Crippen LogP contribution in [-0.2, 0) is 37.5 Å². The molecule has 0 aliphatic heterocycles. The lowest BCUT2D eigenvalue weighted by atomic mass is 10.1. The van der Waals surface area contributed by atoms with Crippen molar-refractivity contribution < 1.29 is 37.4 Å². The van der Waals surface area contributed by atoms with Gasteiger partial charge in [0.15, 0.2) is 11.2 Å². The number of nitrogens with zero attached hydrogens (tertiary/aromatic N) is 6. The first-order valence-corrected chi connectivity index (χ1v) is 18.0. The third-order valence-corrected chi connectivity index (χ3v) is 8.83. The monoisotopic (exact) mass is 752 g/mol. The number of hydrogen-bond donors (Lipinski definition) is 5. The maximum absolute atomic E-state index is 13.9. The molecule has 0 aliphatic carbocycles. The van der Waals surface area contributed by atoms with Crippen LogP contribution in [0.3, 0.4) is 0 Å². The number of aliphatic carboxylic acids is 1. The molecule has 0 spiro atoms. The fourth-order valence-corrected chi connectivity index (χ4v) is 5.96. The van der Waals surface area contributed by atoms with Gasteiger partial charge in [-0.1, -0.05) is 48.0 Å². The van der Waals surface area contributed by atoms with Crippen LogP contribution in [0.5, 0.6) is 5.88 Å². The van der Waals surface area contributed by atoms with Crippen molar-refractivity contribution in [2.45, 2.75) is 70.2 Å². The standard InChI is InChI=1S/C34H44N10O8S/c1-22-12-14-24(15-13-22)53(49,50)42-31(35)37-16-8-11-25(30(46)47)44(18-17-38-33(48)52-34(2,3)4)26(45)19-43-21-39-27-28(43)40-32(36)41-29(27)51-20-23-9-6-5-7-10-23/h5-7,9-10,12-15,21,25H,8,11,16-20H2,1-4H3,(H,38,48)(H,46,47)(H3,35,37,42)(H2,36,40,41)/t25-/m1/s1. The number of sulfonamides is 1. The molecular formula is C34H44N10O8S. The predicted octanol–water partition coefficient (Wildman–Crippen LogP) is 2.18. The van der Waals surface area contributed by atoms with Gasteiger partial charge in [-0.05, 0) is 58.2 Å². The third kappa shape index (κ3) is 11.8. The first-order chi connectivity index (χ1) is 25.0. The Labute approximate surface area is 306 Å². The molecular weight excluding hydrogens is 709 g/mol. The summed E-state index contributed by atoms with van der Waals surface area (Å²) in [6.07, 6.45) is 0.610. The van der Waals surface area contributed by atoms with Crippen molar-refractivity contribution in [3.05, 3.63) is 72.1 Å². The molecule has 0 aliphatic rings. The Hall–Kier alpha value is -5.98. The number of carboxylic acids is 1. The van der Waals surface area contributed by atoms with Crippen molar-refractivity contribution in [3.8, 4) is 5.88 Å². The van der Waals surface area contributed by atoms with E-state index in [0.717, 1.165) is 16.0 Å². The molecule has 0 saturated carbocycles. The van der Waals surface area contributed by atoms with Gasteiger partial charge in [0.25, 0.3) is 10.0 Å². The largest absolute Gasteiger partial charge is 0.480 e. The normalized spacial score (nSPS) is 12.6. The molecule has 2 heterocycles. The van der Waals surface area contributed by atoms with E-state index in [9.17, 15) is 27.9 Å². The molecule has 0 fully saturated rings. The van der Waals surface area contributed by atoms with Crippen molar-refractivity contribution in [2.24, 2.45) is 10.7 Å². The van der Waals surface area contributed by atoms with Gasteiger partial charge in [-0.2, -0.15) is 9.97 Å². The number of amides is 2. The van der Waals surface area contributed by atoms with Crippen LogP contribution in [0.1, 0.15) is 44.7 Å². The average Bonchev–Trinajstić information content (AvgIpc) is 3.47. The van der Waals surface area contributed by atoms with Crippen LogP contribution in [0.15, 0.2) is 70.8 Å². The number of fused-ring (bicyclic) bond motifs is 1. The van der Waals surface area contributed by atoms with Gasteiger partial charge >= 0.3 is 12.1 Å². The molecule has 0 unspecified atom stereocenters. The zero-order valence-corrected chi connectivity index (χ0v) is 30.7. The number of carboxylic acid groups (broad SMARTS) is 1. The van der Waals surface area contributed by atoms with Crippen molar-refractivity contribution in [1.29, 1.82) is 0 Å². The molecule has 0 bridgehead atoms. The van der Waals surface area contributed by atoms with E-state index in [4.69, 9.17) is 20.9 Å². The highest BCUT2D eigenvalue weighted by Crippen LogP contribution is 2.23. The smallest absolute Gasteiger partial charge is 0.407 e. The third-order valence-electron chi connectivity index (χ3n) is 7.46. The minimum atomic E-state index is -3.99. The number of nitrogens with one attached hydrogen (secondary N) is 2. The van der Waals surface area contributed by atoms with E-state index >= 15 is 0 Å². The molecule has 1 atom stereocenters. The van der Waals surface area contributed by atoms with Gasteiger partial charge in [-0.3, -0.25) is 9.79 Å². The number of ether oxygens (including phenoxy) is 2. The van der Waals surface area contributed by atoms with Crippen molar-refractivity contribution in [1.82, 2.24) is 34.5 Å². The number of nitrogen functional groups attached to an aromatic ring is 1. The number of aryl methyl sites for hydroxylation is 1. The Morgan fingerprint density at radius 2 is 1.77 bits per heavy atom. The maximum Gasteiger partial charge on any atom is 0.407 e. The maximum atomic E-state index is 13.9. The Bertz CT molecular complexity index is 2030. The molecule has 4 aromatic rings. The highest BCUT2D eigenvalue weighted by atomic mass is 32.2. The van der Waals surface area contributed by atoms with E-state index in [1.54, 1.807) is 32.9 Å². The molecule has 4 rings (SSSR count). The van der Waals surface area contributed by atoms with Crippen molar-refractivity contribution in [2.75, 3.05) is 25.4 Å². The first-order valence-electron chi connectivity index (χ1n) is 16.6. The molecule has 2 amide bonds. The molecule has 7 N–H and O–H groups in total. The summed E-state index contributed by atoms with van der Waals surface area (Å²) < 4.78 is 40.0. The zero-order valence-electron chi connectivity index (χ0n) is 29.9. The van der Waals surface area contributed by atoms with Gasteiger partial charge in [0.05, 0.1) is 11.2 Å². The summed E-state index contributed by atoms with van der Waals surface area (Å²) in [5.74, 6) is -2.36. The first kappa shape index (κ1) is 39.8. The molecule has 19 heteroatoms. The van der Waals surface area contributed by atoms with Gasteiger partial charge in [-0.25, -0.2) is 27.7 Å². The molecule has 0 saturated heterocycles. The van der Waals surface area contributed by atoms with E-state index in [2.05, 4.69) is 30.0 Å². The predicted molar refractivity (Wildman–Crippen MR) is 195 cm³/mol. The van der Waals surface area contributed by atoms with E-state index in [1.807, 2.05) is 37.3 Å². The number of anilines is 1. The lowest BCUT2D eigenvalue weighted by Crippen LogP contribution is -2.49. The summed E-state index contributed by atoms with van der Waals surface area (Å²) in [5.41, 5.74) is 13.2. The fourth-order valence-electron chi connectivity index (χ4n) is 5.00. The number of rotatable bonds is 16. The van der Waals surface area contributed by atoms with Crippen molar-refractivity contribution >= 4 is 51.1 Å². The van der Waals surface area contributed by atoms with E-state index in [0.29, 0.717) is 0 Å². The topological polar surface area (TPSA) is 259 Å². The van der Waals surface area contributed by atoms with Crippen molar-refractivity contribution in [3.63, 3.8) is 0 Å². The van der Waals surface area contributed by atoms with Gasteiger partial charge in [0.2, 0.25) is 23.7 Å². The second-order valence-electron chi connectivity index (χ2n) is 12.9. The summed E-state index contributed by atoms with van der Waals surface area (Å²) in [5, 5.41) is 12.8. The van der Waals surface area contributed by atoms with Gasteiger partial charge in [-0.15, -0.1) is 0 Å². The highest BCUT2D eigenvalue weighted by Gasteiger charge is 2.30. The van der Waals surface area contributed by atoms with Crippen LogP contribution in [0, 0.1) is 6.92 Å². The van der Waals surface area contributed by atoms with E-state index < -0.39 is 46.2 Å². The number of benzene rings is 2. The molecule has 284 valence electrons. The van der Waals surface area contributed by atoms with Crippen LogP contribution in [0.4, 0.5) is 10.7 Å². The van der Waals surface area contributed by atoms with E-state index in [-0.39, 0.29) is 72.9 Å². The molecule has 2 aromatic carbocycles. The Morgan fingerprint density at radius 1 is 1.08 bits per heavy atom. The summed E-state index contributed by atoms with van der Waals surface area (Å²) in [6.45, 7) is 6.27. The summed E-state index contributed by atoms with van der Waals surface area (Å²) in [4.78, 5) is 56.7. The number of carbonyl (C=O) groups excluding carboxylic acids is 2. The zero-order chi connectivity index (χ0) is 38.8. The van der Waals surface area contributed by atoms with E-state index in [1.165, 1.54) is 23.0 Å². The summed E-state index contributed by atoms with van der Waals surface area (Å²) in [7, 11) is -3.99. The van der Waals surface area contributed by atoms with Gasteiger partial charge < -0.3 is 40.8 Å². The van der Waals surface area contributed by atoms with Crippen LogP contribution in [-0.4, -0.2) is 93.1 Å². The second-order valence-corrected chi connectivity index (χ2v) is 14.6. The van der Waals surface area contributed by atoms with Crippen LogP contribution in [0.25, 0.3) is 11.2 Å². The lowest BCUT2D eigenvalue weighted by Gasteiger charge is -2.29. The van der Waals surface area contributed by atoms with Gasteiger partial charge in [0.1, 0.15) is 24.8 Å². The van der Waals surface area contributed by atoms with Gasteiger partial charge in [0, 0.05) is 19.6 Å². The highest BCUT2D eigenvalue weighted by molar-refractivity contribution is 7.90. The molecule has 0 radical (unpaired) electrons. The number of aliphatic imine (C=N–C) groups is 1. The summed E-state index contributed by atoms with van der Waals surface area (Å²) in [6, 6.07) is 14.1. The second kappa shape index (κ2) is 17.5. The summed E-state index contributed by atoms with van der Waals surface area (Å²) >= 11 is 0. The molecule has 2 aromatic heterocycles. The number of guanidine groups is 1. The number of nitrogens with two attached hydrogens (primary N) is 2. The Kier molecular flexibility index (Phi) is 13.1. The SMILES string of the molecule is Cc1ccc(S(=O)(=O)NC(N)=NCCC[C@H](C(=O)O)N(CCNC(=O)OC(C)(C)C)C(=O)Cn2cnc3c(OCc4ccccc4)nc(N)nc32)cc1. The number of aromatic nitrogens is 4.